The Labute approximate surface area is 118 Å². The molecule has 0 aromatic heterocycles. The van der Waals surface area contributed by atoms with Crippen LogP contribution in [0.4, 0.5) is 0 Å². The van der Waals surface area contributed by atoms with E-state index in [2.05, 4.69) is 0 Å². The van der Waals surface area contributed by atoms with Crippen molar-refractivity contribution < 1.29 is 19.4 Å². The van der Waals surface area contributed by atoms with Crippen molar-refractivity contribution in [1.29, 1.82) is 0 Å². The van der Waals surface area contributed by atoms with Gasteiger partial charge in [-0.2, -0.15) is 0 Å². The van der Waals surface area contributed by atoms with Gasteiger partial charge in [0, 0.05) is 32.6 Å². The molecule has 2 rings (SSSR count). The highest BCUT2D eigenvalue weighted by Gasteiger charge is 2.40. The molecule has 0 saturated carbocycles. The fourth-order valence-corrected chi connectivity index (χ4v) is 2.70. The van der Waals surface area contributed by atoms with Crippen molar-refractivity contribution in [3.8, 4) is 0 Å². The number of carboxylic acids is 1. The van der Waals surface area contributed by atoms with E-state index in [4.69, 9.17) is 15.6 Å². The molecule has 0 aromatic carbocycles. The quantitative estimate of drug-likeness (QED) is 0.680. The number of rotatable bonds is 5. The van der Waals surface area contributed by atoms with Gasteiger partial charge >= 0.3 is 5.97 Å². The molecule has 2 heterocycles. The van der Waals surface area contributed by atoms with Crippen LogP contribution in [-0.2, 0) is 14.3 Å². The first kappa shape index (κ1) is 15.2. The van der Waals surface area contributed by atoms with Crippen LogP contribution in [-0.4, -0.2) is 78.3 Å². The highest BCUT2D eigenvalue weighted by atomic mass is 16.5. The Bertz CT molecular complexity index is 371. The highest BCUT2D eigenvalue weighted by molar-refractivity contribution is 5.79. The van der Waals surface area contributed by atoms with Gasteiger partial charge in [0.15, 0.2) is 0 Å². The lowest BCUT2D eigenvalue weighted by Gasteiger charge is -2.27. The maximum absolute atomic E-state index is 11.9. The normalized spacial score (nSPS) is 27.8. The maximum atomic E-state index is 11.9. The summed E-state index contributed by atoms with van der Waals surface area (Å²) >= 11 is 0. The van der Waals surface area contributed by atoms with Crippen LogP contribution in [0.1, 0.15) is 19.3 Å². The first-order chi connectivity index (χ1) is 9.51. The number of aliphatic carboxylic acids is 1. The van der Waals surface area contributed by atoms with Crippen LogP contribution in [0, 0.1) is 0 Å². The summed E-state index contributed by atoms with van der Waals surface area (Å²) in [6, 6.07) is 0. The number of morpholine rings is 1. The highest BCUT2D eigenvalue weighted by Crippen LogP contribution is 2.19. The smallest absolute Gasteiger partial charge is 0.325 e. The molecule has 0 radical (unpaired) electrons. The molecule has 1 atom stereocenters. The zero-order valence-electron chi connectivity index (χ0n) is 11.7. The van der Waals surface area contributed by atoms with E-state index in [1.165, 1.54) is 0 Å². The van der Waals surface area contributed by atoms with Crippen molar-refractivity contribution in [2.75, 3.05) is 45.9 Å². The van der Waals surface area contributed by atoms with Gasteiger partial charge in [-0.3, -0.25) is 9.59 Å². The molecule has 7 nitrogen and oxygen atoms in total. The fraction of sp³-hybridized carbons (Fsp3) is 0.846. The van der Waals surface area contributed by atoms with Crippen LogP contribution in [0.3, 0.4) is 0 Å². The molecule has 0 aliphatic carbocycles. The predicted octanol–water partition coefficient (Wildman–Crippen LogP) is -0.887. The number of carbonyl (C=O) groups is 2. The van der Waals surface area contributed by atoms with E-state index in [0.717, 1.165) is 13.0 Å². The Morgan fingerprint density at radius 2 is 1.95 bits per heavy atom. The van der Waals surface area contributed by atoms with Crippen molar-refractivity contribution >= 4 is 11.9 Å². The molecule has 2 fully saturated rings. The minimum atomic E-state index is -1.12. The lowest BCUT2D eigenvalue weighted by molar-refractivity contribution is -0.143. The lowest BCUT2D eigenvalue weighted by Crippen LogP contribution is -2.50. The Kier molecular flexibility index (Phi) is 4.95. The van der Waals surface area contributed by atoms with E-state index in [9.17, 15) is 9.59 Å². The minimum Gasteiger partial charge on any atom is -0.480 e. The molecule has 20 heavy (non-hydrogen) atoms. The van der Waals surface area contributed by atoms with E-state index < -0.39 is 11.5 Å². The van der Waals surface area contributed by atoms with Gasteiger partial charge in [0.25, 0.3) is 0 Å². The number of nitrogens with zero attached hydrogens (tertiary/aromatic N) is 2. The summed E-state index contributed by atoms with van der Waals surface area (Å²) in [7, 11) is 0. The first-order valence-electron chi connectivity index (χ1n) is 7.11. The Morgan fingerprint density at radius 1 is 1.25 bits per heavy atom. The van der Waals surface area contributed by atoms with E-state index in [-0.39, 0.29) is 5.91 Å². The van der Waals surface area contributed by atoms with Gasteiger partial charge in [0.2, 0.25) is 5.91 Å². The van der Waals surface area contributed by atoms with Crippen LogP contribution in [0.15, 0.2) is 0 Å². The van der Waals surface area contributed by atoms with E-state index >= 15 is 0 Å². The minimum absolute atomic E-state index is 0.157. The van der Waals surface area contributed by atoms with Crippen molar-refractivity contribution in [2.45, 2.75) is 24.8 Å². The van der Waals surface area contributed by atoms with E-state index in [0.29, 0.717) is 52.2 Å². The number of hydrogen-bond donors (Lipinski definition) is 2. The van der Waals surface area contributed by atoms with Gasteiger partial charge in [-0.25, -0.2) is 0 Å². The number of carboxylic acid groups (broad SMARTS) is 1. The standard InChI is InChI=1S/C13H23N3O4/c14-13(12(18)19)3-5-15(10-13)4-1-2-11(17)16-6-8-20-9-7-16/h1-10,14H2,(H,18,19). The number of likely N-dealkylation sites (tertiary alicyclic amines) is 1. The number of nitrogens with two attached hydrogens (primary N) is 1. The molecule has 0 aromatic rings. The summed E-state index contributed by atoms with van der Waals surface area (Å²) in [4.78, 5) is 26.8. The summed E-state index contributed by atoms with van der Waals surface area (Å²) in [5.41, 5.74) is 4.69. The monoisotopic (exact) mass is 285 g/mol. The SMILES string of the molecule is NC1(C(=O)O)CCN(CCCC(=O)N2CCOCC2)C1. The lowest BCUT2D eigenvalue weighted by atomic mass is 10.0. The third-order valence-corrected chi connectivity index (χ3v) is 4.03. The molecule has 0 spiro atoms. The molecule has 2 aliphatic rings. The number of hydrogen-bond acceptors (Lipinski definition) is 5. The molecule has 0 bridgehead atoms. The second-order valence-corrected chi connectivity index (χ2v) is 5.58. The second kappa shape index (κ2) is 6.51. The Balaban J connectivity index is 1.66. The largest absolute Gasteiger partial charge is 0.480 e. The third-order valence-electron chi connectivity index (χ3n) is 4.03. The number of carbonyl (C=O) groups excluding carboxylic acids is 1. The van der Waals surface area contributed by atoms with Gasteiger partial charge in [0.05, 0.1) is 13.2 Å². The average Bonchev–Trinajstić information content (AvgIpc) is 2.83. The van der Waals surface area contributed by atoms with Crippen molar-refractivity contribution in [3.63, 3.8) is 0 Å². The van der Waals surface area contributed by atoms with Crippen LogP contribution >= 0.6 is 0 Å². The number of ether oxygens (including phenoxy) is 1. The van der Waals surface area contributed by atoms with Gasteiger partial charge < -0.3 is 25.4 Å². The maximum Gasteiger partial charge on any atom is 0.325 e. The third kappa shape index (κ3) is 3.68. The van der Waals surface area contributed by atoms with Crippen LogP contribution in [0.25, 0.3) is 0 Å². The predicted molar refractivity (Wildman–Crippen MR) is 72.2 cm³/mol. The Hall–Kier alpha value is -1.18. The topological polar surface area (TPSA) is 96.1 Å². The molecule has 2 saturated heterocycles. The molecule has 1 unspecified atom stereocenters. The van der Waals surface area contributed by atoms with Gasteiger partial charge in [-0.1, -0.05) is 0 Å². The zero-order valence-corrected chi connectivity index (χ0v) is 11.7. The fourth-order valence-electron chi connectivity index (χ4n) is 2.70. The van der Waals surface area contributed by atoms with Gasteiger partial charge in [-0.15, -0.1) is 0 Å². The van der Waals surface area contributed by atoms with Crippen LogP contribution in [0.2, 0.25) is 0 Å². The molecule has 3 N–H and O–H groups in total. The summed E-state index contributed by atoms with van der Waals surface area (Å²) in [5.74, 6) is -0.783. The van der Waals surface area contributed by atoms with Gasteiger partial charge in [0.1, 0.15) is 5.54 Å². The number of amides is 1. The van der Waals surface area contributed by atoms with Crippen molar-refractivity contribution in [1.82, 2.24) is 9.80 Å². The van der Waals surface area contributed by atoms with E-state index in [1.807, 2.05) is 9.80 Å². The summed E-state index contributed by atoms with van der Waals surface area (Å²) < 4.78 is 5.21. The zero-order chi connectivity index (χ0) is 14.6. The van der Waals surface area contributed by atoms with Crippen molar-refractivity contribution in [2.24, 2.45) is 5.73 Å². The van der Waals surface area contributed by atoms with Crippen LogP contribution in [0.5, 0.6) is 0 Å². The summed E-state index contributed by atoms with van der Waals surface area (Å²) in [5, 5.41) is 9.05. The molecule has 2 aliphatic heterocycles. The van der Waals surface area contributed by atoms with E-state index in [1.54, 1.807) is 0 Å². The molecular formula is C13H23N3O4. The van der Waals surface area contributed by atoms with Crippen LogP contribution < -0.4 is 5.73 Å². The Morgan fingerprint density at radius 3 is 2.55 bits per heavy atom. The van der Waals surface area contributed by atoms with Gasteiger partial charge in [-0.05, 0) is 19.4 Å². The second-order valence-electron chi connectivity index (χ2n) is 5.58. The molecule has 1 amide bonds. The molecular weight excluding hydrogens is 262 g/mol. The average molecular weight is 285 g/mol. The molecule has 7 heteroatoms. The first-order valence-corrected chi connectivity index (χ1v) is 7.11. The van der Waals surface area contributed by atoms with Crippen molar-refractivity contribution in [3.05, 3.63) is 0 Å². The molecule has 114 valence electrons. The summed E-state index contributed by atoms with van der Waals surface area (Å²) in [6.07, 6.45) is 1.72. The summed E-state index contributed by atoms with van der Waals surface area (Å²) in [6.45, 7) is 4.37.